The molecule has 2 saturated heterocycles. The number of quaternary nitrogens is 1. The summed E-state index contributed by atoms with van der Waals surface area (Å²) in [5, 5.41) is 11.7. The molecule has 13 heteroatoms. The summed E-state index contributed by atoms with van der Waals surface area (Å²) in [6.07, 6.45) is 0.149. The molecular weight excluding hydrogens is 636 g/mol. The first-order valence-corrected chi connectivity index (χ1v) is 16.4. The highest BCUT2D eigenvalue weighted by Crippen LogP contribution is 2.47. The van der Waals surface area contributed by atoms with Gasteiger partial charge in [-0.3, -0.25) is 4.79 Å². The van der Waals surface area contributed by atoms with Crippen LogP contribution in [0.25, 0.3) is 0 Å². The minimum Gasteiger partial charge on any atom is -0.542 e. The monoisotopic (exact) mass is 674 g/mol. The van der Waals surface area contributed by atoms with Gasteiger partial charge >= 0.3 is 12.4 Å². The summed E-state index contributed by atoms with van der Waals surface area (Å²) < 4.78 is 73.4. The van der Waals surface area contributed by atoms with E-state index >= 15 is 0 Å². The van der Waals surface area contributed by atoms with Crippen molar-refractivity contribution in [2.75, 3.05) is 19.6 Å². The van der Waals surface area contributed by atoms with Crippen molar-refractivity contribution in [1.82, 2.24) is 4.90 Å². The van der Waals surface area contributed by atoms with Gasteiger partial charge in [0, 0.05) is 30.6 Å². The molecule has 2 aromatic rings. The molecule has 0 bridgehead atoms. The fourth-order valence-electron chi connectivity index (χ4n) is 8.51. The average molecular weight is 675 g/mol. The third-order valence-electron chi connectivity index (χ3n) is 10.5. The summed E-state index contributed by atoms with van der Waals surface area (Å²) in [4.78, 5) is 28.8. The zero-order valence-electron chi connectivity index (χ0n) is 25.4. The number of carboxylic acids is 1. The zero-order valence-corrected chi connectivity index (χ0v) is 26.1. The van der Waals surface area contributed by atoms with E-state index in [1.807, 2.05) is 6.07 Å². The molecule has 46 heavy (non-hydrogen) atoms. The Morgan fingerprint density at radius 2 is 1.67 bits per heavy atom. The summed E-state index contributed by atoms with van der Waals surface area (Å²) in [6.45, 7) is 2.17. The maximum absolute atomic E-state index is 14.6. The molecule has 1 amide bonds. The van der Waals surface area contributed by atoms with Gasteiger partial charge in [-0.1, -0.05) is 37.5 Å². The molecular formula is C33H39ClF6N3O3+. The van der Waals surface area contributed by atoms with Crippen LogP contribution in [0.5, 0.6) is 0 Å². The molecule has 252 valence electrons. The highest BCUT2D eigenvalue weighted by atomic mass is 35.5. The third-order valence-corrected chi connectivity index (χ3v) is 10.7. The molecule has 3 N–H and O–H groups in total. The highest BCUT2D eigenvalue weighted by molar-refractivity contribution is 6.28. The molecule has 1 aromatic heterocycles. The second-order valence-electron chi connectivity index (χ2n) is 13.1. The van der Waals surface area contributed by atoms with Gasteiger partial charge < -0.3 is 20.1 Å². The number of aryl methyl sites for hydroxylation is 1. The van der Waals surface area contributed by atoms with Crippen LogP contribution in [0.4, 0.5) is 26.3 Å². The second-order valence-corrected chi connectivity index (χ2v) is 13.5. The van der Waals surface area contributed by atoms with E-state index in [1.165, 1.54) is 24.1 Å². The average Bonchev–Trinajstić information content (AvgIpc) is 3.44. The molecule has 6 rings (SSSR count). The van der Waals surface area contributed by atoms with Crippen LogP contribution < -0.4 is 15.4 Å². The number of carboxylic acid groups (broad SMARTS) is 1. The number of fused-ring (bicyclic) bond motifs is 2. The van der Waals surface area contributed by atoms with Gasteiger partial charge in [0.15, 0.2) is 5.69 Å². The Balaban J connectivity index is 0.000000537. The molecule has 3 heterocycles. The lowest BCUT2D eigenvalue weighted by Crippen LogP contribution is -2.82. The number of amides is 1. The van der Waals surface area contributed by atoms with Crippen molar-refractivity contribution in [2.45, 2.75) is 93.9 Å². The molecule has 4 aliphatic rings. The Hall–Kier alpha value is -2.86. The van der Waals surface area contributed by atoms with E-state index in [2.05, 4.69) is 21.3 Å². The minimum absolute atomic E-state index is 0.00432. The van der Waals surface area contributed by atoms with E-state index in [4.69, 9.17) is 21.5 Å². The largest absolute Gasteiger partial charge is 0.542 e. The first-order valence-electron chi connectivity index (χ1n) is 16.0. The van der Waals surface area contributed by atoms with Crippen molar-refractivity contribution in [1.29, 1.82) is 0 Å². The number of aromatic nitrogens is 1. The number of aliphatic carboxylic acids is 1. The van der Waals surface area contributed by atoms with E-state index in [0.717, 1.165) is 63.7 Å². The Kier molecular flexibility index (Phi) is 10.3. The number of alkyl halides is 6. The predicted octanol–water partition coefficient (Wildman–Crippen LogP) is 4.59. The number of aromatic amines is 1. The van der Waals surface area contributed by atoms with Crippen LogP contribution in [0.15, 0.2) is 36.4 Å². The Morgan fingerprint density at radius 1 is 0.978 bits per heavy atom. The number of benzene rings is 1. The quantitative estimate of drug-likeness (QED) is 0.382. The summed E-state index contributed by atoms with van der Waals surface area (Å²) in [5.41, 5.74) is 2.04. The summed E-state index contributed by atoms with van der Waals surface area (Å²) >= 11 is 6.29. The topological polar surface area (TPSA) is 91.2 Å². The number of likely N-dealkylation sites (tertiary alicyclic amines) is 1. The van der Waals surface area contributed by atoms with Crippen molar-refractivity contribution in [3.63, 3.8) is 0 Å². The summed E-state index contributed by atoms with van der Waals surface area (Å²) in [5.74, 6) is -2.75. The molecule has 6 nitrogen and oxygen atoms in total. The summed E-state index contributed by atoms with van der Waals surface area (Å²) in [7, 11) is 0. The molecule has 3 fully saturated rings. The predicted molar refractivity (Wildman–Crippen MR) is 154 cm³/mol. The van der Waals surface area contributed by atoms with Gasteiger partial charge in [-0.2, -0.15) is 31.3 Å². The van der Waals surface area contributed by atoms with Gasteiger partial charge in [0.25, 0.3) is 5.15 Å². The fraction of sp³-hybridized carbons (Fsp3) is 0.606. The van der Waals surface area contributed by atoms with Gasteiger partial charge in [0.1, 0.15) is 11.9 Å². The summed E-state index contributed by atoms with van der Waals surface area (Å²) in [6, 6.07) is 10.1. The van der Waals surface area contributed by atoms with E-state index < -0.39 is 23.9 Å². The highest BCUT2D eigenvalue weighted by Gasteiger charge is 2.56. The van der Waals surface area contributed by atoms with Gasteiger partial charge in [-0.15, -0.1) is 0 Å². The van der Waals surface area contributed by atoms with Crippen molar-refractivity contribution < 1.29 is 51.3 Å². The molecule has 0 radical (unpaired) electrons. The van der Waals surface area contributed by atoms with Gasteiger partial charge in [0.2, 0.25) is 5.91 Å². The van der Waals surface area contributed by atoms with Crippen LogP contribution in [0.1, 0.15) is 86.1 Å². The van der Waals surface area contributed by atoms with Gasteiger partial charge in [-0.05, 0) is 79.7 Å². The second kappa shape index (κ2) is 13.7. The standard InChI is InChI=1S/C31H37ClF3N3O.C2HF3O2/c32-28-13-12-24-26(37-28)11-6-15-30(24)19-36-18-25(30)29(39)38-16-14-21(17-27(38)20-7-2-1-3-8-20)22-9-4-5-10-23(22)31(33,34)35;3-2(4,5)1(6)7/h4-5,9-10,12-13,20-21,25,27,36H,1-3,6-8,11,14-19H2;(H,6,7)/p+1/t21?,25-,27-,30-;/m0./s1. The third kappa shape index (κ3) is 7.17. The molecule has 4 atom stereocenters. The molecule has 2 aliphatic heterocycles. The smallest absolute Gasteiger partial charge is 0.430 e. The van der Waals surface area contributed by atoms with Crippen LogP contribution in [0.3, 0.4) is 0 Å². The van der Waals surface area contributed by atoms with Crippen molar-refractivity contribution in [3.8, 4) is 0 Å². The lowest BCUT2D eigenvalue weighted by Gasteiger charge is -2.47. The van der Waals surface area contributed by atoms with Crippen molar-refractivity contribution in [2.24, 2.45) is 11.8 Å². The molecule has 1 unspecified atom stereocenters. The van der Waals surface area contributed by atoms with Crippen LogP contribution in [-0.4, -0.2) is 48.6 Å². The molecule has 2 aliphatic carbocycles. The lowest BCUT2D eigenvalue weighted by atomic mass is 9.64. The number of halogens is 7. The number of H-pyrrole nitrogens is 1. The SMILES string of the molecule is O=C([C@@H]1C[NH2+]C[C@]12CCCc1[nH+]c(Cl)ccc12)N1CCC(c2ccccc2C(F)(F)F)C[C@H]1C1CCCCC1.O=C([O-])C(F)(F)F. The Labute approximate surface area is 268 Å². The van der Waals surface area contributed by atoms with Gasteiger partial charge in [-0.25, -0.2) is 0 Å². The molecule has 1 saturated carbocycles. The number of hydrogen-bond donors (Lipinski definition) is 1. The molecule has 1 aromatic carbocycles. The van der Waals surface area contributed by atoms with E-state index in [-0.39, 0.29) is 29.2 Å². The number of nitrogens with one attached hydrogen (secondary N) is 1. The Bertz CT molecular complexity index is 1410. The fourth-order valence-corrected chi connectivity index (χ4v) is 8.68. The van der Waals surface area contributed by atoms with Gasteiger partial charge in [0.05, 0.1) is 24.1 Å². The number of carbonyl (C=O) groups is 2. The number of pyridine rings is 1. The number of nitrogens with zero attached hydrogens (tertiary/aromatic N) is 1. The van der Waals surface area contributed by atoms with Crippen LogP contribution in [0, 0.1) is 11.8 Å². The number of hydrogen-bond acceptors (Lipinski definition) is 3. The van der Waals surface area contributed by atoms with E-state index in [1.54, 1.807) is 12.1 Å². The number of carbonyl (C=O) groups excluding carboxylic acids is 2. The number of rotatable bonds is 3. The maximum Gasteiger partial charge on any atom is 0.430 e. The van der Waals surface area contributed by atoms with Crippen molar-refractivity contribution >= 4 is 23.5 Å². The number of piperidine rings is 1. The van der Waals surface area contributed by atoms with Crippen LogP contribution >= 0.6 is 11.6 Å². The lowest BCUT2D eigenvalue weighted by molar-refractivity contribution is -0.640. The normalized spacial score (nSPS) is 27.1. The number of nitrogens with two attached hydrogens (primary N) is 1. The molecule has 1 spiro atoms. The van der Waals surface area contributed by atoms with Crippen LogP contribution in [-0.2, 0) is 27.6 Å². The Morgan fingerprint density at radius 3 is 2.35 bits per heavy atom. The van der Waals surface area contributed by atoms with Crippen molar-refractivity contribution in [3.05, 3.63) is 63.9 Å². The van der Waals surface area contributed by atoms with Crippen LogP contribution in [0.2, 0.25) is 5.15 Å². The maximum atomic E-state index is 14.6. The minimum atomic E-state index is -5.19. The zero-order chi connectivity index (χ0) is 33.3. The van der Waals surface area contributed by atoms with E-state index in [9.17, 15) is 31.1 Å². The first kappa shape index (κ1) is 34.5. The first-order chi connectivity index (χ1) is 21.7. The van der Waals surface area contributed by atoms with E-state index in [0.29, 0.717) is 36.0 Å².